The maximum absolute atomic E-state index is 10.8. The lowest BCUT2D eigenvalue weighted by Crippen LogP contribution is -2.40. The Kier molecular flexibility index (Phi) is 4.59. The molecule has 2 aliphatic carbocycles. The van der Waals surface area contributed by atoms with Gasteiger partial charge in [-0.2, -0.15) is 0 Å². The van der Waals surface area contributed by atoms with E-state index in [-0.39, 0.29) is 6.42 Å². The van der Waals surface area contributed by atoms with Crippen LogP contribution in [-0.4, -0.2) is 34.6 Å². The average Bonchev–Trinajstić information content (AvgIpc) is 3.34. The average molecular weight is 287 g/mol. The highest BCUT2D eigenvalue weighted by Crippen LogP contribution is 2.38. The zero-order valence-corrected chi connectivity index (χ0v) is 12.6. The Labute approximate surface area is 127 Å². The van der Waals surface area contributed by atoms with Gasteiger partial charge in [0.2, 0.25) is 0 Å². The zero-order chi connectivity index (χ0) is 14.7. The number of hydrogen-bond donors (Lipinski definition) is 1. The molecule has 2 saturated carbocycles. The molecule has 0 unspecified atom stereocenters. The number of nitrogens with zero attached hydrogens (tertiary/aromatic N) is 1. The van der Waals surface area contributed by atoms with Crippen molar-refractivity contribution in [2.45, 2.75) is 62.9 Å². The topological polar surface area (TPSA) is 40.5 Å². The molecule has 1 aromatic carbocycles. The normalized spacial score (nSPS) is 26.0. The van der Waals surface area contributed by atoms with E-state index >= 15 is 0 Å². The van der Waals surface area contributed by atoms with E-state index in [9.17, 15) is 4.79 Å². The molecule has 1 N–H and O–H groups in total. The second-order valence-electron chi connectivity index (χ2n) is 6.53. The molecule has 3 rings (SSSR count). The Bertz CT molecular complexity index is 461. The molecule has 0 aliphatic heterocycles. The molecule has 3 nitrogen and oxygen atoms in total. The first-order valence-electron chi connectivity index (χ1n) is 8.26. The van der Waals surface area contributed by atoms with Gasteiger partial charge in [-0.25, -0.2) is 0 Å². The summed E-state index contributed by atoms with van der Waals surface area (Å²) in [5, 5.41) is 8.93. The summed E-state index contributed by atoms with van der Waals surface area (Å²) in [5.41, 5.74) is 1.47. The van der Waals surface area contributed by atoms with Crippen molar-refractivity contribution in [1.82, 2.24) is 4.90 Å². The third-order valence-corrected chi connectivity index (χ3v) is 5.04. The lowest BCUT2D eigenvalue weighted by molar-refractivity contribution is -0.137. The summed E-state index contributed by atoms with van der Waals surface area (Å²) in [6, 6.07) is 12.1. The maximum Gasteiger partial charge on any atom is 0.304 e. The number of aliphatic carboxylic acids is 1. The Morgan fingerprint density at radius 3 is 2.10 bits per heavy atom. The Hall–Kier alpha value is -1.35. The van der Waals surface area contributed by atoms with Crippen LogP contribution >= 0.6 is 0 Å². The molecular formula is C18H25NO2. The summed E-state index contributed by atoms with van der Waals surface area (Å²) in [6.07, 6.45) is 7.73. The Balaban J connectivity index is 1.55. The van der Waals surface area contributed by atoms with Crippen molar-refractivity contribution in [2.24, 2.45) is 0 Å². The molecule has 0 aromatic heterocycles. The van der Waals surface area contributed by atoms with E-state index in [4.69, 9.17) is 5.11 Å². The lowest BCUT2D eigenvalue weighted by atomic mass is 9.81. The fourth-order valence-electron chi connectivity index (χ4n) is 3.76. The van der Waals surface area contributed by atoms with E-state index in [2.05, 4.69) is 35.2 Å². The number of rotatable bonds is 6. The van der Waals surface area contributed by atoms with Gasteiger partial charge in [-0.15, -0.1) is 0 Å². The summed E-state index contributed by atoms with van der Waals surface area (Å²) >= 11 is 0. The van der Waals surface area contributed by atoms with Crippen molar-refractivity contribution in [3.63, 3.8) is 0 Å². The molecule has 0 amide bonds. The second kappa shape index (κ2) is 6.61. The molecule has 0 saturated heterocycles. The summed E-state index contributed by atoms with van der Waals surface area (Å²) in [4.78, 5) is 13.3. The SMILES string of the molecule is O=C(O)CCN(C1CCC(c2ccccc2)CC1)C1CC1. The summed E-state index contributed by atoms with van der Waals surface area (Å²) in [7, 11) is 0. The van der Waals surface area contributed by atoms with E-state index in [1.54, 1.807) is 0 Å². The van der Waals surface area contributed by atoms with E-state index in [0.717, 1.165) is 6.54 Å². The first-order valence-corrected chi connectivity index (χ1v) is 8.26. The molecule has 2 aliphatic rings. The minimum atomic E-state index is -0.668. The highest BCUT2D eigenvalue weighted by atomic mass is 16.4. The van der Waals surface area contributed by atoms with Crippen molar-refractivity contribution in [3.05, 3.63) is 35.9 Å². The van der Waals surface area contributed by atoms with Crippen LogP contribution in [0.2, 0.25) is 0 Å². The maximum atomic E-state index is 10.8. The van der Waals surface area contributed by atoms with Crippen LogP contribution in [0.5, 0.6) is 0 Å². The summed E-state index contributed by atoms with van der Waals surface area (Å²) in [6.45, 7) is 0.737. The predicted molar refractivity (Wildman–Crippen MR) is 83.4 cm³/mol. The van der Waals surface area contributed by atoms with Gasteiger partial charge in [-0.05, 0) is 50.0 Å². The van der Waals surface area contributed by atoms with Gasteiger partial charge in [0.25, 0.3) is 0 Å². The van der Waals surface area contributed by atoms with Gasteiger partial charge in [0.1, 0.15) is 0 Å². The standard InChI is InChI=1S/C18H25NO2/c20-18(21)12-13-19(17-10-11-17)16-8-6-15(7-9-16)14-4-2-1-3-5-14/h1-5,15-17H,6-13H2,(H,20,21). The van der Waals surface area contributed by atoms with Crippen molar-refractivity contribution in [2.75, 3.05) is 6.54 Å². The van der Waals surface area contributed by atoms with Gasteiger partial charge in [0.05, 0.1) is 6.42 Å². The molecule has 1 aromatic rings. The first-order chi connectivity index (χ1) is 10.2. The van der Waals surface area contributed by atoms with Crippen molar-refractivity contribution in [3.8, 4) is 0 Å². The summed E-state index contributed by atoms with van der Waals surface area (Å²) in [5.74, 6) is 0.0293. The third-order valence-electron chi connectivity index (χ3n) is 5.04. The molecule has 114 valence electrons. The molecular weight excluding hydrogens is 262 g/mol. The fraction of sp³-hybridized carbons (Fsp3) is 0.611. The van der Waals surface area contributed by atoms with E-state index in [0.29, 0.717) is 18.0 Å². The highest BCUT2D eigenvalue weighted by molar-refractivity contribution is 5.66. The van der Waals surface area contributed by atoms with Gasteiger partial charge in [0.15, 0.2) is 0 Å². The minimum Gasteiger partial charge on any atom is -0.481 e. The molecule has 0 bridgehead atoms. The number of benzene rings is 1. The quantitative estimate of drug-likeness (QED) is 0.868. The van der Waals surface area contributed by atoms with Crippen molar-refractivity contribution in [1.29, 1.82) is 0 Å². The Morgan fingerprint density at radius 2 is 1.57 bits per heavy atom. The van der Waals surface area contributed by atoms with Crippen molar-refractivity contribution >= 4 is 5.97 Å². The molecule has 2 fully saturated rings. The number of hydrogen-bond acceptors (Lipinski definition) is 2. The number of carboxylic acids is 1. The monoisotopic (exact) mass is 287 g/mol. The molecule has 21 heavy (non-hydrogen) atoms. The molecule has 0 atom stereocenters. The van der Waals surface area contributed by atoms with Crippen LogP contribution < -0.4 is 0 Å². The minimum absolute atomic E-state index is 0.287. The van der Waals surface area contributed by atoms with Crippen molar-refractivity contribution < 1.29 is 9.90 Å². The van der Waals surface area contributed by atoms with Gasteiger partial charge in [-0.3, -0.25) is 9.69 Å². The highest BCUT2D eigenvalue weighted by Gasteiger charge is 2.35. The second-order valence-corrected chi connectivity index (χ2v) is 6.53. The van der Waals surface area contributed by atoms with E-state index in [1.165, 1.54) is 44.1 Å². The first kappa shape index (κ1) is 14.6. The van der Waals surface area contributed by atoms with Crippen LogP contribution in [0.1, 0.15) is 56.4 Å². The number of carbonyl (C=O) groups is 1. The van der Waals surface area contributed by atoms with Gasteiger partial charge in [0, 0.05) is 18.6 Å². The molecule has 0 spiro atoms. The van der Waals surface area contributed by atoms with Gasteiger partial charge < -0.3 is 5.11 Å². The van der Waals surface area contributed by atoms with Crippen LogP contribution in [0.25, 0.3) is 0 Å². The van der Waals surface area contributed by atoms with Crippen LogP contribution in [0.4, 0.5) is 0 Å². The molecule has 0 radical (unpaired) electrons. The summed E-state index contributed by atoms with van der Waals surface area (Å²) < 4.78 is 0. The predicted octanol–water partition coefficient (Wildman–Crippen LogP) is 3.65. The lowest BCUT2D eigenvalue weighted by Gasteiger charge is -2.37. The van der Waals surface area contributed by atoms with Crippen LogP contribution in [0.3, 0.4) is 0 Å². The molecule has 3 heteroatoms. The third kappa shape index (κ3) is 3.85. The van der Waals surface area contributed by atoms with Crippen LogP contribution in [0.15, 0.2) is 30.3 Å². The fourth-order valence-corrected chi connectivity index (χ4v) is 3.76. The van der Waals surface area contributed by atoms with E-state index < -0.39 is 5.97 Å². The van der Waals surface area contributed by atoms with E-state index in [1.807, 2.05) is 0 Å². The smallest absolute Gasteiger partial charge is 0.304 e. The van der Waals surface area contributed by atoms with Crippen LogP contribution in [0, 0.1) is 0 Å². The largest absolute Gasteiger partial charge is 0.481 e. The van der Waals surface area contributed by atoms with Gasteiger partial charge in [-0.1, -0.05) is 30.3 Å². The Morgan fingerprint density at radius 1 is 1.00 bits per heavy atom. The van der Waals surface area contributed by atoms with Gasteiger partial charge >= 0.3 is 5.97 Å². The van der Waals surface area contributed by atoms with Crippen LogP contribution in [-0.2, 0) is 4.79 Å². The number of carboxylic acid groups (broad SMARTS) is 1. The zero-order valence-electron chi connectivity index (χ0n) is 12.6. The molecule has 0 heterocycles.